The molecular weight excluding hydrogens is 648 g/mol. The average Bonchev–Trinajstić information content (AvgIpc) is 3.16. The summed E-state index contributed by atoms with van der Waals surface area (Å²) < 4.78 is 72.2. The second kappa shape index (κ2) is 14.9. The van der Waals surface area contributed by atoms with Crippen molar-refractivity contribution in [2.45, 2.75) is 96.7 Å². The van der Waals surface area contributed by atoms with Crippen LogP contribution >= 0.6 is 11.8 Å². The van der Waals surface area contributed by atoms with Crippen molar-refractivity contribution in [3.63, 3.8) is 0 Å². The third kappa shape index (κ3) is 9.02. The smallest absolute Gasteiger partial charge is 0.347 e. The molecule has 0 bridgehead atoms. The van der Waals surface area contributed by atoms with Crippen molar-refractivity contribution < 1.29 is 64.9 Å². The number of aliphatic hydroxyl groups is 1. The maximum Gasteiger partial charge on any atom is 0.347 e. The van der Waals surface area contributed by atoms with Crippen molar-refractivity contribution in [1.29, 1.82) is 0 Å². The van der Waals surface area contributed by atoms with Crippen LogP contribution in [0.2, 0.25) is 0 Å². The van der Waals surface area contributed by atoms with Gasteiger partial charge in [0, 0.05) is 0 Å². The summed E-state index contributed by atoms with van der Waals surface area (Å²) in [6.45, 7) is 9.21. The molecule has 0 aliphatic carbocycles. The zero-order valence-corrected chi connectivity index (χ0v) is 27.5. The van der Waals surface area contributed by atoms with Gasteiger partial charge < -0.3 is 29.4 Å². The summed E-state index contributed by atoms with van der Waals surface area (Å²) in [6, 6.07) is -0.687. The Morgan fingerprint density at radius 2 is 1.36 bits per heavy atom. The Kier molecular flexibility index (Phi) is 12.6. The standard InChI is InChI=1S/C25H36N2O14S3/c1-8-26-18-10-19(42-25-17(18)9-11(2)43(25,34)35)44(36,37)27-20(29)13(4)38-22(31)15(6)40-24(33)16(7)41-23(32)14(5)39-21(30)12(3)28/h10-16,18,26,28H,8-9H2,1-7H3,(H,27,29)/t11-,12-,13-,14-,15-,16-,18-/m0/s1. The van der Waals surface area contributed by atoms with Crippen molar-refractivity contribution in [1.82, 2.24) is 10.0 Å². The molecule has 0 fully saturated rings. The molecule has 3 N–H and O–H groups in total. The summed E-state index contributed by atoms with van der Waals surface area (Å²) in [6.07, 6.45) is -6.31. The molecule has 0 spiro atoms. The Bertz CT molecular complexity index is 1450. The van der Waals surface area contributed by atoms with Crippen LogP contribution in [0.15, 0.2) is 20.1 Å². The van der Waals surface area contributed by atoms with Gasteiger partial charge in [-0.1, -0.05) is 18.7 Å². The van der Waals surface area contributed by atoms with Crippen LogP contribution in [-0.4, -0.2) is 100 Å². The van der Waals surface area contributed by atoms with Crippen LogP contribution in [0.3, 0.4) is 0 Å². The minimum atomic E-state index is -4.59. The molecule has 0 aromatic carbocycles. The number of nitrogens with one attached hydrogen (secondary N) is 2. The van der Waals surface area contributed by atoms with Gasteiger partial charge in [0.15, 0.2) is 34.3 Å². The monoisotopic (exact) mass is 684 g/mol. The summed E-state index contributed by atoms with van der Waals surface area (Å²) in [5, 5.41) is 11.4. The minimum absolute atomic E-state index is 0.0865. The third-order valence-corrected chi connectivity index (χ3v) is 12.0. The van der Waals surface area contributed by atoms with Gasteiger partial charge in [-0.05, 0) is 66.2 Å². The first kappa shape index (κ1) is 37.2. The number of ether oxygens (including phenoxy) is 4. The number of likely N-dealkylation sites (N-methyl/N-ethyl adjacent to an activating group) is 1. The average molecular weight is 685 g/mol. The van der Waals surface area contributed by atoms with Crippen LogP contribution in [0.1, 0.15) is 54.9 Å². The molecule has 1 amide bonds. The van der Waals surface area contributed by atoms with Crippen LogP contribution < -0.4 is 10.0 Å². The molecule has 19 heteroatoms. The maximum atomic E-state index is 13.0. The number of amides is 1. The van der Waals surface area contributed by atoms with Crippen LogP contribution in [0.5, 0.6) is 0 Å². The summed E-state index contributed by atoms with van der Waals surface area (Å²) in [7, 11) is -8.35. The fourth-order valence-corrected chi connectivity index (χ4v) is 8.81. The fraction of sp³-hybridized carbons (Fsp3) is 0.640. The normalized spacial score (nSPS) is 22.7. The van der Waals surface area contributed by atoms with Gasteiger partial charge in [-0.2, -0.15) is 0 Å². The molecular formula is C25H36N2O14S3. The summed E-state index contributed by atoms with van der Waals surface area (Å²) in [4.78, 5) is 60.7. The van der Waals surface area contributed by atoms with Crippen molar-refractivity contribution >= 4 is 61.4 Å². The molecule has 0 aromatic heterocycles. The lowest BCUT2D eigenvalue weighted by molar-refractivity contribution is -0.184. The highest BCUT2D eigenvalue weighted by molar-refractivity contribution is 8.28. The molecule has 7 atom stereocenters. The Hall–Kier alpha value is -3.00. The van der Waals surface area contributed by atoms with Gasteiger partial charge in [0.1, 0.15) is 14.6 Å². The molecule has 0 saturated carbocycles. The second-order valence-corrected chi connectivity index (χ2v) is 15.5. The van der Waals surface area contributed by atoms with Crippen LogP contribution in [0.4, 0.5) is 0 Å². The van der Waals surface area contributed by atoms with E-state index in [0.29, 0.717) is 23.9 Å². The Morgan fingerprint density at radius 1 is 0.909 bits per heavy atom. The van der Waals surface area contributed by atoms with E-state index < -0.39 is 95.7 Å². The van der Waals surface area contributed by atoms with Gasteiger partial charge >= 0.3 is 23.9 Å². The number of aliphatic hydroxyl groups excluding tert-OH is 1. The summed E-state index contributed by atoms with van der Waals surface area (Å²) in [5.41, 5.74) is 0.541. The first-order valence-electron chi connectivity index (χ1n) is 13.4. The molecule has 0 saturated heterocycles. The highest BCUT2D eigenvalue weighted by Crippen LogP contribution is 2.47. The van der Waals surface area contributed by atoms with Crippen molar-refractivity contribution in [2.75, 3.05) is 6.54 Å². The lowest BCUT2D eigenvalue weighted by Gasteiger charge is -2.23. The summed E-state index contributed by atoms with van der Waals surface area (Å²) >= 11 is 0.514. The number of hydrogen-bond acceptors (Lipinski definition) is 16. The zero-order valence-electron chi connectivity index (χ0n) is 25.0. The molecule has 0 unspecified atom stereocenters. The van der Waals surface area contributed by atoms with Crippen molar-refractivity contribution in [2.24, 2.45) is 0 Å². The Balaban J connectivity index is 1.97. The molecule has 2 aliphatic heterocycles. The van der Waals surface area contributed by atoms with E-state index in [4.69, 9.17) is 19.3 Å². The van der Waals surface area contributed by atoms with Crippen LogP contribution in [-0.2, 0) is 62.8 Å². The van der Waals surface area contributed by atoms with Crippen LogP contribution in [0, 0.1) is 0 Å². The van der Waals surface area contributed by atoms with E-state index >= 15 is 0 Å². The third-order valence-electron chi connectivity index (χ3n) is 6.23. The highest BCUT2D eigenvalue weighted by Gasteiger charge is 2.44. The molecule has 248 valence electrons. The van der Waals surface area contributed by atoms with E-state index in [0.717, 1.165) is 34.6 Å². The largest absolute Gasteiger partial charge is 0.450 e. The van der Waals surface area contributed by atoms with E-state index in [2.05, 4.69) is 10.1 Å². The number of carbonyl (C=O) groups excluding carboxylic acids is 5. The SMILES string of the molecule is CCN[C@H]1C=C(S(=O)(=O)NC(=O)[C@H](C)OC(=O)[C@H](C)OC(=O)[C@H](C)OC(=O)[C@H](C)OC(=O)[C@H](C)O)SC2=C1C[C@H](C)S2(=O)=O. The molecule has 2 rings (SSSR count). The molecule has 2 heterocycles. The topological polar surface area (TPSA) is 235 Å². The minimum Gasteiger partial charge on any atom is -0.450 e. The molecule has 0 radical (unpaired) electrons. The quantitative estimate of drug-likeness (QED) is 0.164. The van der Waals surface area contributed by atoms with E-state index in [1.165, 1.54) is 13.0 Å². The van der Waals surface area contributed by atoms with E-state index in [1.54, 1.807) is 11.6 Å². The number of carbonyl (C=O) groups is 5. The molecule has 16 nitrogen and oxygen atoms in total. The number of thioether (sulfide) groups is 1. The number of sulfonamides is 1. The first-order chi connectivity index (χ1) is 20.2. The molecule has 44 heavy (non-hydrogen) atoms. The van der Waals surface area contributed by atoms with Gasteiger partial charge in [-0.3, -0.25) is 4.79 Å². The maximum absolute atomic E-state index is 13.0. The van der Waals surface area contributed by atoms with E-state index in [-0.39, 0.29) is 10.7 Å². The number of hydrogen-bond donors (Lipinski definition) is 3. The Morgan fingerprint density at radius 3 is 1.82 bits per heavy atom. The Labute approximate surface area is 259 Å². The lowest BCUT2D eigenvalue weighted by atomic mass is 10.0. The number of rotatable bonds is 13. The molecule has 0 aromatic rings. The number of sulfone groups is 1. The van der Waals surface area contributed by atoms with Gasteiger partial charge in [0.05, 0.1) is 11.3 Å². The zero-order chi connectivity index (χ0) is 33.7. The predicted octanol–water partition coefficient (Wildman–Crippen LogP) is -0.475. The lowest BCUT2D eigenvalue weighted by Crippen LogP contribution is -2.42. The molecule has 2 aliphatic rings. The second-order valence-electron chi connectivity index (χ2n) is 9.96. The summed E-state index contributed by atoms with van der Waals surface area (Å²) in [5.74, 6) is -5.93. The number of esters is 4. The van der Waals surface area contributed by atoms with Crippen LogP contribution in [0.25, 0.3) is 0 Å². The van der Waals surface area contributed by atoms with E-state index in [9.17, 15) is 40.8 Å². The van der Waals surface area contributed by atoms with Gasteiger partial charge in [-0.15, -0.1) is 0 Å². The van der Waals surface area contributed by atoms with E-state index in [1.807, 2.05) is 0 Å². The van der Waals surface area contributed by atoms with Gasteiger partial charge in [0.25, 0.3) is 15.9 Å². The fourth-order valence-electron chi connectivity index (χ4n) is 3.70. The first-order valence-corrected chi connectivity index (χ1v) is 17.2. The van der Waals surface area contributed by atoms with Crippen molar-refractivity contribution in [3.8, 4) is 0 Å². The van der Waals surface area contributed by atoms with Gasteiger partial charge in [0.2, 0.25) is 0 Å². The van der Waals surface area contributed by atoms with Gasteiger partial charge in [-0.25, -0.2) is 40.7 Å². The predicted molar refractivity (Wildman–Crippen MR) is 154 cm³/mol. The highest BCUT2D eigenvalue weighted by atomic mass is 32.3. The van der Waals surface area contributed by atoms with Crippen molar-refractivity contribution in [3.05, 3.63) is 20.1 Å².